The van der Waals surface area contributed by atoms with Gasteiger partial charge < -0.3 is 11.1 Å². The average molecular weight is 324 g/mol. The Morgan fingerprint density at radius 2 is 2.21 bits per heavy atom. The summed E-state index contributed by atoms with van der Waals surface area (Å²) < 4.78 is 14.7. The molecule has 0 fully saturated rings. The lowest BCUT2D eigenvalue weighted by Gasteiger charge is -2.18. The first-order valence-corrected chi connectivity index (χ1v) is 6.72. The van der Waals surface area contributed by atoms with Gasteiger partial charge in [-0.2, -0.15) is 0 Å². The smallest absolute Gasteiger partial charge is 0.129 e. The number of nitrogens with one attached hydrogen (secondary N) is 1. The van der Waals surface area contributed by atoms with Crippen LogP contribution in [0.1, 0.15) is 17.2 Å². The molecule has 0 saturated heterocycles. The van der Waals surface area contributed by atoms with Crippen LogP contribution < -0.4 is 11.1 Å². The molecule has 2 aromatic rings. The largest absolute Gasteiger partial charge is 0.383 e. The quantitative estimate of drug-likeness (QED) is 0.909. The Labute approximate surface area is 120 Å². The molecule has 0 spiro atoms. The predicted octanol–water partition coefficient (Wildman–Crippen LogP) is 3.07. The fourth-order valence-electron chi connectivity index (χ4n) is 1.99. The topological polar surface area (TPSA) is 50.9 Å². The zero-order valence-corrected chi connectivity index (χ0v) is 12.1. The van der Waals surface area contributed by atoms with E-state index in [2.05, 4.69) is 26.2 Å². The van der Waals surface area contributed by atoms with Crippen LogP contribution in [0.5, 0.6) is 0 Å². The van der Waals surface area contributed by atoms with Crippen molar-refractivity contribution in [1.82, 2.24) is 10.3 Å². The molecule has 1 aromatic heterocycles. The van der Waals surface area contributed by atoms with Crippen molar-refractivity contribution in [3.8, 4) is 0 Å². The zero-order chi connectivity index (χ0) is 13.8. The van der Waals surface area contributed by atoms with Gasteiger partial charge in [-0.3, -0.25) is 0 Å². The van der Waals surface area contributed by atoms with E-state index in [0.29, 0.717) is 17.8 Å². The van der Waals surface area contributed by atoms with E-state index in [9.17, 15) is 4.39 Å². The van der Waals surface area contributed by atoms with Crippen LogP contribution in [0, 0.1) is 5.82 Å². The van der Waals surface area contributed by atoms with Crippen LogP contribution in [-0.4, -0.2) is 12.0 Å². The molecule has 0 amide bonds. The maximum Gasteiger partial charge on any atom is 0.129 e. The van der Waals surface area contributed by atoms with E-state index < -0.39 is 0 Å². The fraction of sp³-hybridized carbons (Fsp3) is 0.214. The van der Waals surface area contributed by atoms with Gasteiger partial charge in [0.25, 0.3) is 0 Å². The highest BCUT2D eigenvalue weighted by Gasteiger charge is 2.16. The third-order valence-electron chi connectivity index (χ3n) is 3.04. The Hall–Kier alpha value is -1.46. The second-order valence-electron chi connectivity index (χ2n) is 4.26. The van der Waals surface area contributed by atoms with Gasteiger partial charge in [-0.25, -0.2) is 9.37 Å². The molecule has 5 heteroatoms. The molecule has 0 aliphatic heterocycles. The first-order valence-electron chi connectivity index (χ1n) is 5.93. The van der Waals surface area contributed by atoms with Gasteiger partial charge in [0.05, 0.1) is 0 Å². The number of nitrogens with two attached hydrogens (primary N) is 1. The summed E-state index contributed by atoms with van der Waals surface area (Å²) in [5.41, 5.74) is 7.35. The predicted molar refractivity (Wildman–Crippen MR) is 78.3 cm³/mol. The third-order valence-corrected chi connectivity index (χ3v) is 3.53. The number of nitrogen functional groups attached to an aromatic ring is 1. The molecule has 1 unspecified atom stereocenters. The minimum atomic E-state index is -0.240. The van der Waals surface area contributed by atoms with Crippen LogP contribution in [-0.2, 0) is 6.42 Å². The molecule has 19 heavy (non-hydrogen) atoms. The highest BCUT2D eigenvalue weighted by molar-refractivity contribution is 9.10. The summed E-state index contributed by atoms with van der Waals surface area (Å²) in [6.07, 6.45) is 2.24. The molecule has 0 saturated carbocycles. The molecule has 0 radical (unpaired) electrons. The van der Waals surface area contributed by atoms with Crippen molar-refractivity contribution in [3.63, 3.8) is 0 Å². The lowest BCUT2D eigenvalue weighted by atomic mass is 9.99. The number of nitrogens with zero attached hydrogens (tertiary/aromatic N) is 1. The van der Waals surface area contributed by atoms with E-state index in [1.807, 2.05) is 18.2 Å². The zero-order valence-electron chi connectivity index (χ0n) is 10.5. The number of likely N-dealkylation sites (N-methyl/N-ethyl adjacent to an activating group) is 1. The lowest BCUT2D eigenvalue weighted by molar-refractivity contribution is 0.533. The number of halogens is 2. The van der Waals surface area contributed by atoms with E-state index in [4.69, 9.17) is 5.73 Å². The van der Waals surface area contributed by atoms with Crippen molar-refractivity contribution >= 4 is 21.7 Å². The van der Waals surface area contributed by atoms with Gasteiger partial charge in [0.1, 0.15) is 11.6 Å². The number of anilines is 1. The molecular weight excluding hydrogens is 309 g/mol. The van der Waals surface area contributed by atoms with Crippen LogP contribution in [0.2, 0.25) is 0 Å². The summed E-state index contributed by atoms with van der Waals surface area (Å²) in [6.45, 7) is 0. The lowest BCUT2D eigenvalue weighted by Crippen LogP contribution is -2.20. The number of hydrogen-bond donors (Lipinski definition) is 2. The SMILES string of the molecule is CNC(Cc1cccnc1N)c1ccc(Br)cc1F. The summed E-state index contributed by atoms with van der Waals surface area (Å²) in [5.74, 6) is 0.247. The van der Waals surface area contributed by atoms with Crippen LogP contribution in [0.4, 0.5) is 10.2 Å². The average Bonchev–Trinajstić information content (AvgIpc) is 2.39. The van der Waals surface area contributed by atoms with Crippen molar-refractivity contribution in [1.29, 1.82) is 0 Å². The third kappa shape index (κ3) is 3.30. The van der Waals surface area contributed by atoms with Gasteiger partial charge in [0.2, 0.25) is 0 Å². The molecule has 1 atom stereocenters. The van der Waals surface area contributed by atoms with Gasteiger partial charge in [0.15, 0.2) is 0 Å². The molecule has 0 bridgehead atoms. The number of benzene rings is 1. The van der Waals surface area contributed by atoms with Gasteiger partial charge in [-0.1, -0.05) is 28.1 Å². The molecule has 3 nitrogen and oxygen atoms in total. The summed E-state index contributed by atoms with van der Waals surface area (Å²) in [4.78, 5) is 4.05. The molecule has 2 rings (SSSR count). The molecular formula is C14H15BrFN3. The molecule has 0 aliphatic carbocycles. The highest BCUT2D eigenvalue weighted by atomic mass is 79.9. The van der Waals surface area contributed by atoms with Gasteiger partial charge in [-0.05, 0) is 37.2 Å². The maximum absolute atomic E-state index is 14.0. The second-order valence-corrected chi connectivity index (χ2v) is 5.17. The Morgan fingerprint density at radius 1 is 1.42 bits per heavy atom. The molecule has 3 N–H and O–H groups in total. The Balaban J connectivity index is 2.28. The van der Waals surface area contributed by atoms with Crippen molar-refractivity contribution in [3.05, 3.63) is 57.9 Å². The molecule has 1 aromatic carbocycles. The molecule has 1 heterocycles. The first kappa shape index (κ1) is 14.0. The first-order chi connectivity index (χ1) is 9.11. The van der Waals surface area contributed by atoms with Crippen LogP contribution in [0.15, 0.2) is 41.0 Å². The van der Waals surface area contributed by atoms with E-state index >= 15 is 0 Å². The van der Waals surface area contributed by atoms with Crippen molar-refractivity contribution in [2.24, 2.45) is 0 Å². The van der Waals surface area contributed by atoms with E-state index in [1.165, 1.54) is 6.07 Å². The standard InChI is InChI=1S/C14H15BrFN3/c1-18-13(7-9-3-2-6-19-14(9)17)11-5-4-10(15)8-12(11)16/h2-6,8,13,18H,7H2,1H3,(H2,17,19). The summed E-state index contributed by atoms with van der Waals surface area (Å²) in [7, 11) is 1.80. The van der Waals surface area contributed by atoms with Crippen LogP contribution in [0.25, 0.3) is 0 Å². The summed E-state index contributed by atoms with van der Waals surface area (Å²) >= 11 is 3.26. The minimum Gasteiger partial charge on any atom is -0.383 e. The highest BCUT2D eigenvalue weighted by Crippen LogP contribution is 2.25. The van der Waals surface area contributed by atoms with E-state index in [-0.39, 0.29) is 11.9 Å². The van der Waals surface area contributed by atoms with E-state index in [1.54, 1.807) is 19.3 Å². The van der Waals surface area contributed by atoms with Crippen molar-refractivity contribution in [2.75, 3.05) is 12.8 Å². The monoisotopic (exact) mass is 323 g/mol. The molecule has 100 valence electrons. The Bertz CT molecular complexity index is 574. The summed E-state index contributed by atoms with van der Waals surface area (Å²) in [5, 5.41) is 3.12. The minimum absolute atomic E-state index is 0.139. The van der Waals surface area contributed by atoms with Crippen molar-refractivity contribution in [2.45, 2.75) is 12.5 Å². The Morgan fingerprint density at radius 3 is 2.84 bits per heavy atom. The maximum atomic E-state index is 14.0. The number of pyridine rings is 1. The molecule has 0 aliphatic rings. The normalized spacial score (nSPS) is 12.4. The van der Waals surface area contributed by atoms with Gasteiger partial charge in [-0.15, -0.1) is 0 Å². The second kappa shape index (κ2) is 6.12. The number of rotatable bonds is 4. The van der Waals surface area contributed by atoms with Crippen LogP contribution in [0.3, 0.4) is 0 Å². The van der Waals surface area contributed by atoms with Crippen molar-refractivity contribution < 1.29 is 4.39 Å². The van der Waals surface area contributed by atoms with E-state index in [0.717, 1.165) is 10.0 Å². The fourth-order valence-corrected chi connectivity index (χ4v) is 2.33. The van der Waals surface area contributed by atoms with Crippen LogP contribution >= 0.6 is 15.9 Å². The summed E-state index contributed by atoms with van der Waals surface area (Å²) in [6, 6.07) is 8.66. The number of aromatic nitrogens is 1. The Kier molecular flexibility index (Phi) is 4.50. The van der Waals surface area contributed by atoms with Gasteiger partial charge >= 0.3 is 0 Å². The number of hydrogen-bond acceptors (Lipinski definition) is 3. The van der Waals surface area contributed by atoms with Gasteiger partial charge in [0, 0.05) is 22.3 Å².